The summed E-state index contributed by atoms with van der Waals surface area (Å²) in [6.45, 7) is 3.94. The second kappa shape index (κ2) is 8.62. The normalized spacial score (nSPS) is 11.5. The molecule has 2 heterocycles. The number of anilines is 3. The fourth-order valence-electron chi connectivity index (χ4n) is 3.40. The molecule has 2 aromatic heterocycles. The average Bonchev–Trinajstić information content (AvgIpc) is 3.15. The van der Waals surface area contributed by atoms with Gasteiger partial charge in [0.25, 0.3) is 0 Å². The highest BCUT2D eigenvalue weighted by atomic mass is 35.5. The van der Waals surface area contributed by atoms with Gasteiger partial charge in [0.1, 0.15) is 11.8 Å². The molecule has 0 bridgehead atoms. The van der Waals surface area contributed by atoms with E-state index >= 15 is 0 Å². The van der Waals surface area contributed by atoms with E-state index in [0.29, 0.717) is 23.4 Å². The smallest absolute Gasteiger partial charge is 0.382 e. The molecule has 0 aliphatic carbocycles. The summed E-state index contributed by atoms with van der Waals surface area (Å²) in [6.07, 6.45) is -0.869. The number of hydrogen-bond donors (Lipinski definition) is 3. The van der Waals surface area contributed by atoms with Gasteiger partial charge in [-0.1, -0.05) is 23.7 Å². The van der Waals surface area contributed by atoms with Crippen LogP contribution in [-0.2, 0) is 12.6 Å². The highest BCUT2D eigenvalue weighted by molar-refractivity contribution is 6.33. The molecule has 4 N–H and O–H groups in total. The Hall–Kier alpha value is -3.79. The molecule has 1 radical (unpaired) electrons. The number of halogens is 4. The lowest BCUT2D eigenvalue weighted by atomic mass is 10.0. The van der Waals surface area contributed by atoms with Crippen molar-refractivity contribution in [1.82, 2.24) is 14.6 Å². The van der Waals surface area contributed by atoms with Crippen LogP contribution in [0.2, 0.25) is 5.02 Å². The van der Waals surface area contributed by atoms with Crippen LogP contribution in [0.4, 0.5) is 35.2 Å². The van der Waals surface area contributed by atoms with Crippen molar-refractivity contribution in [3.8, 4) is 11.1 Å². The number of nitrogens with one attached hydrogen (secondary N) is 2. The fraction of sp³-hybridized carbons (Fsp3) is 0.0909. The Balaban J connectivity index is 1.55. The van der Waals surface area contributed by atoms with Crippen molar-refractivity contribution in [2.75, 3.05) is 16.4 Å². The van der Waals surface area contributed by atoms with E-state index in [1.165, 1.54) is 6.33 Å². The van der Waals surface area contributed by atoms with E-state index in [2.05, 4.69) is 27.6 Å². The van der Waals surface area contributed by atoms with Crippen LogP contribution in [0.25, 0.3) is 16.6 Å². The van der Waals surface area contributed by atoms with Crippen molar-refractivity contribution in [1.29, 1.82) is 0 Å². The van der Waals surface area contributed by atoms with Gasteiger partial charge >= 0.3 is 12.2 Å². The number of alkyl halides is 3. The van der Waals surface area contributed by atoms with Crippen LogP contribution in [0.5, 0.6) is 0 Å². The van der Waals surface area contributed by atoms with Crippen molar-refractivity contribution in [3.05, 3.63) is 78.1 Å². The molecular weight excluding hydrogens is 457 g/mol. The number of carbonyl (C=O) groups excluding carboxylic acids is 1. The number of benzene rings is 2. The molecule has 0 aliphatic heterocycles. The predicted molar refractivity (Wildman–Crippen MR) is 121 cm³/mol. The zero-order chi connectivity index (χ0) is 23.8. The molecule has 0 aliphatic rings. The van der Waals surface area contributed by atoms with E-state index in [1.807, 2.05) is 6.20 Å². The molecule has 0 saturated heterocycles. The Morgan fingerprint density at radius 3 is 2.55 bits per heavy atom. The molecule has 0 spiro atoms. The molecule has 4 aromatic rings. The lowest BCUT2D eigenvalue weighted by Crippen LogP contribution is -2.20. The predicted octanol–water partition coefficient (Wildman–Crippen LogP) is 5.67. The van der Waals surface area contributed by atoms with Crippen LogP contribution >= 0.6 is 11.6 Å². The van der Waals surface area contributed by atoms with Crippen LogP contribution in [0, 0.1) is 6.92 Å². The van der Waals surface area contributed by atoms with Crippen molar-refractivity contribution in [3.63, 3.8) is 0 Å². The molecule has 0 fully saturated rings. The lowest BCUT2D eigenvalue weighted by molar-refractivity contribution is -0.137. The topological polar surface area (TPSA) is 97.3 Å². The summed E-state index contributed by atoms with van der Waals surface area (Å²) < 4.78 is 40.4. The minimum absolute atomic E-state index is 0.0189. The SMILES string of the molecule is [CH2]Cc1cn2ncnc(N)c2c1-c1ccc(NC(=O)Nc2cc(C(F)(F)F)ccc2Cl)cc1. The molecular formula is C22H17ClF3N6O. The van der Waals surface area contributed by atoms with Gasteiger partial charge in [-0.15, -0.1) is 0 Å². The average molecular weight is 474 g/mol. The summed E-state index contributed by atoms with van der Waals surface area (Å²) in [6, 6.07) is 8.80. The van der Waals surface area contributed by atoms with Gasteiger partial charge in [-0.2, -0.15) is 18.3 Å². The van der Waals surface area contributed by atoms with E-state index in [9.17, 15) is 18.0 Å². The van der Waals surface area contributed by atoms with E-state index in [0.717, 1.165) is 34.9 Å². The van der Waals surface area contributed by atoms with Crippen LogP contribution in [0.1, 0.15) is 11.1 Å². The number of fused-ring (bicyclic) bond motifs is 1. The summed E-state index contributed by atoms with van der Waals surface area (Å²) >= 11 is 5.92. The summed E-state index contributed by atoms with van der Waals surface area (Å²) in [7, 11) is 0. The van der Waals surface area contributed by atoms with Gasteiger partial charge in [0.2, 0.25) is 0 Å². The number of nitrogens with zero attached hydrogens (tertiary/aromatic N) is 3. The first kappa shape index (κ1) is 22.4. The molecule has 0 saturated carbocycles. The Morgan fingerprint density at radius 1 is 1.15 bits per heavy atom. The van der Waals surface area contributed by atoms with Crippen LogP contribution in [-0.4, -0.2) is 20.6 Å². The van der Waals surface area contributed by atoms with Crippen LogP contribution in [0.15, 0.2) is 55.0 Å². The molecule has 2 aromatic carbocycles. The summed E-state index contributed by atoms with van der Waals surface area (Å²) in [4.78, 5) is 16.4. The fourth-order valence-corrected chi connectivity index (χ4v) is 3.56. The van der Waals surface area contributed by atoms with Crippen molar-refractivity contribution in [2.45, 2.75) is 12.6 Å². The lowest BCUT2D eigenvalue weighted by Gasteiger charge is -2.13. The molecule has 0 atom stereocenters. The first-order valence-electron chi connectivity index (χ1n) is 9.62. The van der Waals surface area contributed by atoms with E-state index in [-0.39, 0.29) is 10.7 Å². The van der Waals surface area contributed by atoms with E-state index in [4.69, 9.17) is 17.3 Å². The van der Waals surface area contributed by atoms with E-state index < -0.39 is 17.8 Å². The molecule has 2 amide bonds. The van der Waals surface area contributed by atoms with E-state index in [1.54, 1.807) is 28.8 Å². The van der Waals surface area contributed by atoms with Crippen molar-refractivity contribution in [2.24, 2.45) is 0 Å². The van der Waals surface area contributed by atoms with Crippen LogP contribution < -0.4 is 16.4 Å². The first-order chi connectivity index (χ1) is 15.7. The maximum atomic E-state index is 12.9. The maximum Gasteiger partial charge on any atom is 0.416 e. The Labute approximate surface area is 191 Å². The monoisotopic (exact) mass is 473 g/mol. The summed E-state index contributed by atoms with van der Waals surface area (Å²) in [5.41, 5.74) is 8.59. The molecule has 0 unspecified atom stereocenters. The second-order valence-electron chi connectivity index (χ2n) is 7.07. The molecule has 169 valence electrons. The van der Waals surface area contributed by atoms with Gasteiger partial charge in [-0.3, -0.25) is 0 Å². The molecule has 4 rings (SSSR count). The van der Waals surface area contributed by atoms with Crippen LogP contribution in [0.3, 0.4) is 0 Å². The Kier molecular flexibility index (Phi) is 5.86. The van der Waals surface area contributed by atoms with Crippen molar-refractivity contribution >= 4 is 40.3 Å². The van der Waals surface area contributed by atoms with Gasteiger partial charge in [-0.25, -0.2) is 14.3 Å². The number of nitrogen functional groups attached to an aromatic ring is 1. The highest BCUT2D eigenvalue weighted by Crippen LogP contribution is 2.35. The zero-order valence-corrected chi connectivity index (χ0v) is 17.7. The number of rotatable bonds is 4. The molecule has 33 heavy (non-hydrogen) atoms. The molecule has 7 nitrogen and oxygen atoms in total. The third kappa shape index (κ3) is 4.56. The minimum Gasteiger partial charge on any atom is -0.382 e. The number of aromatic nitrogens is 3. The van der Waals surface area contributed by atoms with Gasteiger partial charge in [-0.05, 0) is 54.8 Å². The number of hydrogen-bond acceptors (Lipinski definition) is 4. The second-order valence-corrected chi connectivity index (χ2v) is 7.47. The summed E-state index contributed by atoms with van der Waals surface area (Å²) in [5.74, 6) is 0.319. The number of amides is 2. The van der Waals surface area contributed by atoms with Gasteiger partial charge in [0.15, 0.2) is 5.82 Å². The number of carbonyl (C=O) groups is 1. The number of nitrogens with two attached hydrogens (primary N) is 1. The van der Waals surface area contributed by atoms with Gasteiger partial charge in [0, 0.05) is 17.4 Å². The zero-order valence-electron chi connectivity index (χ0n) is 16.9. The van der Waals surface area contributed by atoms with Gasteiger partial charge < -0.3 is 16.4 Å². The van der Waals surface area contributed by atoms with Gasteiger partial charge in [0.05, 0.1) is 16.3 Å². The largest absolute Gasteiger partial charge is 0.416 e. The third-order valence-electron chi connectivity index (χ3n) is 4.92. The quantitative estimate of drug-likeness (QED) is 0.355. The summed E-state index contributed by atoms with van der Waals surface area (Å²) in [5, 5.41) is 9.06. The Morgan fingerprint density at radius 2 is 1.88 bits per heavy atom. The Bertz CT molecular complexity index is 1330. The third-order valence-corrected chi connectivity index (χ3v) is 5.25. The first-order valence-corrected chi connectivity index (χ1v) is 10.0. The number of urea groups is 1. The standard InChI is InChI=1S/C22H17ClF3N6O/c1-2-12-10-32-19(20(27)28-11-29-32)18(12)13-3-6-15(7-4-13)30-21(33)31-17-9-14(22(24,25)26)5-8-16(17)23/h3-11H,1-2H2,(H2,27,28,29)(H2,30,31,33). The maximum absolute atomic E-state index is 12.9. The van der Waals surface area contributed by atoms with Crippen molar-refractivity contribution < 1.29 is 18.0 Å². The molecule has 11 heteroatoms. The highest BCUT2D eigenvalue weighted by Gasteiger charge is 2.31. The minimum atomic E-state index is -4.56.